The molecule has 8 nitrogen and oxygen atoms in total. The summed E-state index contributed by atoms with van der Waals surface area (Å²) in [5, 5.41) is 11.0. The zero-order valence-electron chi connectivity index (χ0n) is 18.8. The second-order valence-corrected chi connectivity index (χ2v) is 7.28. The Kier molecular flexibility index (Phi) is 7.19. The van der Waals surface area contributed by atoms with Crippen molar-refractivity contribution in [1.82, 2.24) is 15.6 Å². The van der Waals surface area contributed by atoms with Gasteiger partial charge in [-0.3, -0.25) is 9.89 Å². The first-order chi connectivity index (χ1) is 16.7. The maximum absolute atomic E-state index is 12.4. The number of methoxy groups -OCH3 is 2. The Morgan fingerprint density at radius 3 is 2.50 bits per heavy atom. The Hall–Kier alpha value is -4.59. The third-order valence-electron chi connectivity index (χ3n) is 5.01. The van der Waals surface area contributed by atoms with Crippen molar-refractivity contribution in [1.29, 1.82) is 0 Å². The molecule has 3 aromatic carbocycles. The van der Waals surface area contributed by atoms with E-state index < -0.39 is 5.91 Å². The average molecular weight is 457 g/mol. The van der Waals surface area contributed by atoms with Gasteiger partial charge in [0.05, 0.1) is 26.1 Å². The molecule has 1 aromatic heterocycles. The fraction of sp³-hybridized carbons (Fsp3) is 0.115. The van der Waals surface area contributed by atoms with Gasteiger partial charge in [-0.15, -0.1) is 0 Å². The largest absolute Gasteiger partial charge is 0.497 e. The van der Waals surface area contributed by atoms with Gasteiger partial charge in [0.1, 0.15) is 18.1 Å². The van der Waals surface area contributed by atoms with Gasteiger partial charge < -0.3 is 14.2 Å². The molecule has 1 heterocycles. The topological polar surface area (TPSA) is 97.8 Å². The number of nitrogens with one attached hydrogen (secondary N) is 2. The molecular weight excluding hydrogens is 432 g/mol. The summed E-state index contributed by atoms with van der Waals surface area (Å²) in [7, 11) is 3.19. The number of nitrogens with zero attached hydrogens (tertiary/aromatic N) is 2. The summed E-state index contributed by atoms with van der Waals surface area (Å²) in [6.07, 6.45) is 1.54. The van der Waals surface area contributed by atoms with Crippen LogP contribution in [0, 0.1) is 0 Å². The molecule has 4 rings (SSSR count). The molecule has 0 aliphatic heterocycles. The van der Waals surface area contributed by atoms with E-state index in [2.05, 4.69) is 20.7 Å². The van der Waals surface area contributed by atoms with E-state index in [-0.39, 0.29) is 0 Å². The van der Waals surface area contributed by atoms with E-state index in [1.807, 2.05) is 60.7 Å². The summed E-state index contributed by atoms with van der Waals surface area (Å²) < 4.78 is 16.5. The van der Waals surface area contributed by atoms with Gasteiger partial charge in [-0.2, -0.15) is 10.2 Å². The van der Waals surface area contributed by atoms with Crippen LogP contribution in [-0.2, 0) is 6.61 Å². The van der Waals surface area contributed by atoms with Crippen LogP contribution in [0.5, 0.6) is 17.2 Å². The van der Waals surface area contributed by atoms with Crippen LogP contribution in [-0.4, -0.2) is 36.5 Å². The highest BCUT2D eigenvalue weighted by Crippen LogP contribution is 2.28. The molecule has 4 aromatic rings. The summed E-state index contributed by atoms with van der Waals surface area (Å²) in [4.78, 5) is 12.4. The second kappa shape index (κ2) is 10.8. The van der Waals surface area contributed by atoms with Gasteiger partial charge >= 0.3 is 0 Å². The van der Waals surface area contributed by atoms with Crippen LogP contribution in [0.25, 0.3) is 11.3 Å². The number of carbonyl (C=O) groups excluding carboxylic acids is 1. The molecule has 0 unspecified atom stereocenters. The molecule has 0 saturated heterocycles. The molecule has 1 amide bonds. The smallest absolute Gasteiger partial charge is 0.289 e. The lowest BCUT2D eigenvalue weighted by molar-refractivity contribution is 0.0950. The van der Waals surface area contributed by atoms with Gasteiger partial charge in [0.25, 0.3) is 5.91 Å². The summed E-state index contributed by atoms with van der Waals surface area (Å²) in [6, 6.07) is 24.3. The first-order valence-electron chi connectivity index (χ1n) is 10.5. The SMILES string of the molecule is COc1ccc(-c2cc(C(=O)N/N=C/c3ccc(OC)c(OCc4ccccc4)c3)[nH]n2)cc1. The molecule has 8 heteroatoms. The monoisotopic (exact) mass is 456 g/mol. The minimum Gasteiger partial charge on any atom is -0.497 e. The number of aromatic amines is 1. The number of aromatic nitrogens is 2. The van der Waals surface area contributed by atoms with Crippen molar-refractivity contribution in [2.75, 3.05) is 14.2 Å². The van der Waals surface area contributed by atoms with Gasteiger partial charge in [0, 0.05) is 5.56 Å². The Morgan fingerprint density at radius 1 is 0.971 bits per heavy atom. The molecular formula is C26H24N4O4. The van der Waals surface area contributed by atoms with Crippen LogP contribution in [0.4, 0.5) is 0 Å². The molecule has 0 spiro atoms. The third kappa shape index (κ3) is 5.60. The van der Waals surface area contributed by atoms with Crippen LogP contribution in [0.15, 0.2) is 84.0 Å². The molecule has 172 valence electrons. The summed E-state index contributed by atoms with van der Waals surface area (Å²) >= 11 is 0. The lowest BCUT2D eigenvalue weighted by Crippen LogP contribution is -2.18. The van der Waals surface area contributed by atoms with Crippen molar-refractivity contribution in [3.8, 4) is 28.5 Å². The van der Waals surface area contributed by atoms with Gasteiger partial charge in [0.15, 0.2) is 11.5 Å². The number of benzene rings is 3. The molecule has 0 aliphatic carbocycles. The normalized spacial score (nSPS) is 10.8. The van der Waals surface area contributed by atoms with E-state index in [1.54, 1.807) is 32.4 Å². The van der Waals surface area contributed by atoms with Crippen molar-refractivity contribution in [3.05, 3.63) is 95.7 Å². The van der Waals surface area contributed by atoms with E-state index >= 15 is 0 Å². The van der Waals surface area contributed by atoms with Crippen LogP contribution < -0.4 is 19.6 Å². The molecule has 2 N–H and O–H groups in total. The predicted octanol–water partition coefficient (Wildman–Crippen LogP) is 4.44. The van der Waals surface area contributed by atoms with E-state index in [9.17, 15) is 4.79 Å². The van der Waals surface area contributed by atoms with Crippen LogP contribution in [0.3, 0.4) is 0 Å². The predicted molar refractivity (Wildman–Crippen MR) is 129 cm³/mol. The molecule has 34 heavy (non-hydrogen) atoms. The second-order valence-electron chi connectivity index (χ2n) is 7.28. The average Bonchev–Trinajstić information content (AvgIpc) is 3.39. The summed E-state index contributed by atoms with van der Waals surface area (Å²) in [5.41, 5.74) is 6.10. The molecule has 0 bridgehead atoms. The first-order valence-corrected chi connectivity index (χ1v) is 10.5. The number of H-pyrrole nitrogens is 1. The third-order valence-corrected chi connectivity index (χ3v) is 5.01. The van der Waals surface area contributed by atoms with Crippen LogP contribution >= 0.6 is 0 Å². The number of hydrogen-bond donors (Lipinski definition) is 2. The quantitative estimate of drug-likeness (QED) is 0.287. The fourth-order valence-electron chi connectivity index (χ4n) is 3.20. The molecule has 0 aliphatic rings. The molecule has 0 fully saturated rings. The first kappa shape index (κ1) is 22.6. The van der Waals surface area contributed by atoms with E-state index in [1.165, 1.54) is 6.21 Å². The van der Waals surface area contributed by atoms with Crippen molar-refractivity contribution >= 4 is 12.1 Å². The van der Waals surface area contributed by atoms with Gasteiger partial charge in [-0.25, -0.2) is 5.43 Å². The van der Waals surface area contributed by atoms with Crippen molar-refractivity contribution in [3.63, 3.8) is 0 Å². The van der Waals surface area contributed by atoms with Crippen molar-refractivity contribution < 1.29 is 19.0 Å². The lowest BCUT2D eigenvalue weighted by Gasteiger charge is -2.11. The minimum absolute atomic E-state index is 0.296. The van der Waals surface area contributed by atoms with Gasteiger partial charge in [-0.1, -0.05) is 30.3 Å². The zero-order chi connectivity index (χ0) is 23.8. The lowest BCUT2D eigenvalue weighted by atomic mass is 10.1. The highest BCUT2D eigenvalue weighted by atomic mass is 16.5. The van der Waals surface area contributed by atoms with Crippen LogP contribution in [0.2, 0.25) is 0 Å². The summed E-state index contributed by atoms with van der Waals surface area (Å²) in [6.45, 7) is 0.408. The van der Waals surface area contributed by atoms with Crippen molar-refractivity contribution in [2.24, 2.45) is 5.10 Å². The number of amides is 1. The highest BCUT2D eigenvalue weighted by molar-refractivity contribution is 5.94. The maximum atomic E-state index is 12.4. The Morgan fingerprint density at radius 2 is 1.76 bits per heavy atom. The number of carbonyl (C=O) groups is 1. The Balaban J connectivity index is 1.38. The number of rotatable bonds is 9. The molecule has 0 saturated carbocycles. The minimum atomic E-state index is -0.405. The van der Waals surface area contributed by atoms with E-state index in [4.69, 9.17) is 14.2 Å². The zero-order valence-corrected chi connectivity index (χ0v) is 18.8. The van der Waals surface area contributed by atoms with E-state index in [0.29, 0.717) is 29.5 Å². The fourth-order valence-corrected chi connectivity index (χ4v) is 3.20. The summed E-state index contributed by atoms with van der Waals surface area (Å²) in [5.74, 6) is 1.54. The highest BCUT2D eigenvalue weighted by Gasteiger charge is 2.11. The number of hydrazone groups is 1. The number of hydrogen-bond acceptors (Lipinski definition) is 6. The van der Waals surface area contributed by atoms with Gasteiger partial charge in [-0.05, 0) is 59.7 Å². The number of ether oxygens (including phenoxy) is 3. The Bertz CT molecular complexity index is 1270. The van der Waals surface area contributed by atoms with Crippen LogP contribution in [0.1, 0.15) is 21.6 Å². The standard InChI is InChI=1S/C26H24N4O4/c1-32-21-11-9-20(10-12-21)22-15-23(29-28-22)26(31)30-27-16-19-8-13-24(33-2)25(14-19)34-17-18-6-4-3-5-7-18/h3-16H,17H2,1-2H3,(H,28,29)(H,30,31)/b27-16+. The van der Waals surface area contributed by atoms with Gasteiger partial charge in [0.2, 0.25) is 0 Å². The molecule has 0 radical (unpaired) electrons. The van der Waals surface area contributed by atoms with E-state index in [0.717, 1.165) is 22.4 Å². The van der Waals surface area contributed by atoms with Crippen molar-refractivity contribution in [2.45, 2.75) is 6.61 Å². The molecule has 0 atom stereocenters. The maximum Gasteiger partial charge on any atom is 0.289 e. The Labute approximate surface area is 197 Å².